The van der Waals surface area contributed by atoms with Gasteiger partial charge in [-0.25, -0.2) is 0 Å². The van der Waals surface area contributed by atoms with E-state index >= 15 is 0 Å². The Morgan fingerprint density at radius 2 is 1.56 bits per heavy atom. The van der Waals surface area contributed by atoms with Crippen molar-refractivity contribution in [2.75, 3.05) is 0 Å². The Bertz CT molecular complexity index is 416. The van der Waals surface area contributed by atoms with E-state index in [0.29, 0.717) is 4.88 Å². The first kappa shape index (κ1) is 15.4. The summed E-state index contributed by atoms with van der Waals surface area (Å²) in [5, 5.41) is 0. The van der Waals surface area contributed by atoms with Crippen LogP contribution in [-0.2, 0) is 5.41 Å². The molecule has 7 heteroatoms. The number of rotatable bonds is 2. The van der Waals surface area contributed by atoms with Crippen molar-refractivity contribution in [3.05, 3.63) is 21.9 Å². The van der Waals surface area contributed by atoms with Crippen LogP contribution in [0.2, 0.25) is 0 Å². The van der Waals surface area contributed by atoms with E-state index in [9.17, 15) is 22.0 Å². The molecular formula is C11H14F5NS. The number of hydrogen-bond donors (Lipinski definition) is 1. The first-order valence-electron chi connectivity index (χ1n) is 5.17. The van der Waals surface area contributed by atoms with Gasteiger partial charge in [-0.1, -0.05) is 20.8 Å². The van der Waals surface area contributed by atoms with Gasteiger partial charge in [0.15, 0.2) is 0 Å². The molecule has 1 atom stereocenters. The molecule has 0 aliphatic rings. The van der Waals surface area contributed by atoms with E-state index in [-0.39, 0.29) is 10.3 Å². The normalized spacial score (nSPS) is 15.8. The lowest BCUT2D eigenvalue weighted by Crippen LogP contribution is -2.45. The maximum atomic E-state index is 13.1. The van der Waals surface area contributed by atoms with Crippen LogP contribution in [0.4, 0.5) is 22.0 Å². The van der Waals surface area contributed by atoms with Crippen molar-refractivity contribution < 1.29 is 22.0 Å². The molecule has 0 spiro atoms. The summed E-state index contributed by atoms with van der Waals surface area (Å²) in [6.45, 7) is 5.53. The van der Waals surface area contributed by atoms with Crippen molar-refractivity contribution in [1.29, 1.82) is 0 Å². The Morgan fingerprint density at radius 3 is 1.89 bits per heavy atom. The standard InChI is InChI=1S/C11H14F5NS/c1-9(2,3)7-5-4-6(18-7)8(17)10(12,13)11(14,15)16/h4-5,8H,17H2,1-3H3. The molecule has 1 aromatic heterocycles. The number of nitrogens with two attached hydrogens (primary N) is 1. The van der Waals surface area contributed by atoms with Crippen LogP contribution in [0.25, 0.3) is 0 Å². The summed E-state index contributed by atoms with van der Waals surface area (Å²) >= 11 is 0.886. The van der Waals surface area contributed by atoms with E-state index in [2.05, 4.69) is 0 Å². The maximum Gasteiger partial charge on any atom is 0.455 e. The zero-order valence-electron chi connectivity index (χ0n) is 10.1. The summed E-state index contributed by atoms with van der Waals surface area (Å²) in [5.41, 5.74) is 4.75. The topological polar surface area (TPSA) is 26.0 Å². The van der Waals surface area contributed by atoms with Crippen LogP contribution in [-0.4, -0.2) is 12.1 Å². The van der Waals surface area contributed by atoms with E-state index in [1.54, 1.807) is 0 Å². The second-order valence-electron chi connectivity index (χ2n) is 5.05. The first-order valence-corrected chi connectivity index (χ1v) is 5.99. The van der Waals surface area contributed by atoms with Gasteiger partial charge in [0.2, 0.25) is 0 Å². The van der Waals surface area contributed by atoms with E-state index < -0.39 is 18.1 Å². The number of halogens is 5. The fraction of sp³-hybridized carbons (Fsp3) is 0.636. The molecule has 1 unspecified atom stereocenters. The zero-order valence-corrected chi connectivity index (χ0v) is 10.9. The van der Waals surface area contributed by atoms with E-state index in [4.69, 9.17) is 5.73 Å². The predicted molar refractivity (Wildman–Crippen MR) is 60.9 cm³/mol. The van der Waals surface area contributed by atoms with Gasteiger partial charge in [0.05, 0.1) is 0 Å². The van der Waals surface area contributed by atoms with Gasteiger partial charge < -0.3 is 5.73 Å². The van der Waals surface area contributed by atoms with Crippen LogP contribution in [0, 0.1) is 0 Å². The second kappa shape index (κ2) is 4.45. The van der Waals surface area contributed by atoms with Gasteiger partial charge in [0, 0.05) is 9.75 Å². The van der Waals surface area contributed by atoms with E-state index in [1.165, 1.54) is 12.1 Å². The molecule has 1 rings (SSSR count). The van der Waals surface area contributed by atoms with Crippen LogP contribution in [0.5, 0.6) is 0 Å². The molecule has 0 radical (unpaired) electrons. The Hall–Kier alpha value is -0.690. The number of hydrogen-bond acceptors (Lipinski definition) is 2. The van der Waals surface area contributed by atoms with Crippen molar-refractivity contribution in [1.82, 2.24) is 0 Å². The van der Waals surface area contributed by atoms with Gasteiger partial charge in [0.1, 0.15) is 6.04 Å². The molecule has 0 aliphatic carbocycles. The van der Waals surface area contributed by atoms with Crippen molar-refractivity contribution in [3.63, 3.8) is 0 Å². The van der Waals surface area contributed by atoms with Crippen molar-refractivity contribution in [3.8, 4) is 0 Å². The van der Waals surface area contributed by atoms with Gasteiger partial charge in [-0.05, 0) is 17.5 Å². The highest BCUT2D eigenvalue weighted by Gasteiger charge is 2.62. The third-order valence-corrected chi connectivity index (χ3v) is 4.04. The van der Waals surface area contributed by atoms with Crippen LogP contribution in [0.3, 0.4) is 0 Å². The van der Waals surface area contributed by atoms with Crippen LogP contribution in [0.1, 0.15) is 36.6 Å². The van der Waals surface area contributed by atoms with E-state index in [1.807, 2.05) is 20.8 Å². The minimum absolute atomic E-state index is 0.165. The predicted octanol–water partition coefficient (Wildman–Crippen LogP) is 4.24. The molecule has 1 aromatic rings. The molecule has 0 aliphatic heterocycles. The number of alkyl halides is 5. The van der Waals surface area contributed by atoms with Crippen molar-refractivity contribution in [2.24, 2.45) is 5.73 Å². The van der Waals surface area contributed by atoms with Gasteiger partial charge in [-0.3, -0.25) is 0 Å². The van der Waals surface area contributed by atoms with Crippen LogP contribution in [0.15, 0.2) is 12.1 Å². The minimum atomic E-state index is -5.64. The zero-order chi connectivity index (χ0) is 14.4. The molecule has 0 amide bonds. The highest BCUT2D eigenvalue weighted by molar-refractivity contribution is 7.12. The summed E-state index contributed by atoms with van der Waals surface area (Å²) in [6.07, 6.45) is -5.64. The average molecular weight is 287 g/mol. The van der Waals surface area contributed by atoms with Crippen LogP contribution < -0.4 is 5.73 Å². The van der Waals surface area contributed by atoms with Crippen molar-refractivity contribution >= 4 is 11.3 Å². The molecule has 104 valence electrons. The Morgan fingerprint density at radius 1 is 1.06 bits per heavy atom. The summed E-state index contributed by atoms with van der Waals surface area (Å²) in [4.78, 5) is 0.549. The molecule has 0 saturated carbocycles. The fourth-order valence-electron chi connectivity index (χ4n) is 1.28. The third kappa shape index (κ3) is 2.83. The quantitative estimate of drug-likeness (QED) is 0.809. The number of thiophene rings is 1. The van der Waals surface area contributed by atoms with E-state index in [0.717, 1.165) is 11.3 Å². The van der Waals surface area contributed by atoms with Gasteiger partial charge in [0.25, 0.3) is 0 Å². The molecule has 0 aromatic carbocycles. The summed E-state index contributed by atoms with van der Waals surface area (Å²) in [5.74, 6) is -4.92. The average Bonchev–Trinajstić information content (AvgIpc) is 2.62. The molecular weight excluding hydrogens is 273 g/mol. The maximum absolute atomic E-state index is 13.1. The molecule has 0 fully saturated rings. The fourth-order valence-corrected chi connectivity index (χ4v) is 2.39. The third-order valence-electron chi connectivity index (χ3n) is 2.44. The molecule has 1 heterocycles. The molecule has 2 N–H and O–H groups in total. The van der Waals surface area contributed by atoms with Gasteiger partial charge in [-0.2, -0.15) is 22.0 Å². The largest absolute Gasteiger partial charge is 0.455 e. The highest BCUT2D eigenvalue weighted by atomic mass is 32.1. The summed E-state index contributed by atoms with van der Waals surface area (Å²) in [7, 11) is 0. The smallest absolute Gasteiger partial charge is 0.318 e. The minimum Gasteiger partial charge on any atom is -0.318 e. The monoisotopic (exact) mass is 287 g/mol. The molecule has 0 saturated heterocycles. The lowest BCUT2D eigenvalue weighted by Gasteiger charge is -2.25. The lowest BCUT2D eigenvalue weighted by molar-refractivity contribution is -0.290. The molecule has 1 nitrogen and oxygen atoms in total. The highest BCUT2D eigenvalue weighted by Crippen LogP contribution is 2.45. The Kier molecular flexibility index (Phi) is 3.80. The van der Waals surface area contributed by atoms with Gasteiger partial charge >= 0.3 is 12.1 Å². The first-order chi connectivity index (χ1) is 7.87. The van der Waals surface area contributed by atoms with Gasteiger partial charge in [-0.15, -0.1) is 11.3 Å². The van der Waals surface area contributed by atoms with Crippen molar-refractivity contribution in [2.45, 2.75) is 44.3 Å². The Balaban J connectivity index is 3.06. The Labute approximate surface area is 106 Å². The summed E-state index contributed by atoms with van der Waals surface area (Å²) in [6, 6.07) is 0.403. The molecule has 18 heavy (non-hydrogen) atoms. The lowest BCUT2D eigenvalue weighted by atomic mass is 9.95. The molecule has 0 bridgehead atoms. The second-order valence-corrected chi connectivity index (χ2v) is 6.17. The summed E-state index contributed by atoms with van der Waals surface area (Å²) < 4.78 is 62.7. The SMILES string of the molecule is CC(C)(C)c1ccc(C(N)C(F)(F)C(F)(F)F)s1. The van der Waals surface area contributed by atoms with Crippen LogP contribution >= 0.6 is 11.3 Å².